The van der Waals surface area contributed by atoms with Gasteiger partial charge in [0.2, 0.25) is 0 Å². The molecule has 76 valence electrons. The van der Waals surface area contributed by atoms with Gasteiger partial charge in [-0.25, -0.2) is 4.39 Å². The summed E-state index contributed by atoms with van der Waals surface area (Å²) in [6, 6.07) is 0. The molecule has 0 aromatic heterocycles. The third kappa shape index (κ3) is 1.18. The van der Waals surface area contributed by atoms with Gasteiger partial charge in [0.25, 0.3) is 0 Å². The molecule has 0 atom stereocenters. The van der Waals surface area contributed by atoms with E-state index in [1.165, 1.54) is 16.7 Å². The zero-order valence-electron chi connectivity index (χ0n) is 9.21. The van der Waals surface area contributed by atoms with E-state index < -0.39 is 0 Å². The normalized spacial score (nSPS) is 14.6. The van der Waals surface area contributed by atoms with E-state index in [4.69, 9.17) is 0 Å². The van der Waals surface area contributed by atoms with E-state index in [1.54, 1.807) is 0 Å². The summed E-state index contributed by atoms with van der Waals surface area (Å²) in [6.07, 6.45) is 3.95. The molecule has 2 rings (SSSR count). The molecule has 0 bridgehead atoms. The molecule has 0 radical (unpaired) electrons. The summed E-state index contributed by atoms with van der Waals surface area (Å²) in [7, 11) is 0. The predicted molar refractivity (Wildman–Crippen MR) is 57.3 cm³/mol. The van der Waals surface area contributed by atoms with Gasteiger partial charge < -0.3 is 0 Å². The van der Waals surface area contributed by atoms with Crippen molar-refractivity contribution in [2.75, 3.05) is 0 Å². The van der Waals surface area contributed by atoms with Crippen LogP contribution < -0.4 is 0 Å². The molecule has 0 saturated heterocycles. The number of fused-ring (bicyclic) bond motifs is 1. The average Bonchev–Trinajstić information content (AvgIpc) is 2.64. The van der Waals surface area contributed by atoms with Crippen LogP contribution in [0.3, 0.4) is 0 Å². The Labute approximate surface area is 85.1 Å². The lowest BCUT2D eigenvalue weighted by Crippen LogP contribution is -2.03. The highest BCUT2D eigenvalue weighted by Crippen LogP contribution is 2.32. The van der Waals surface area contributed by atoms with E-state index in [0.29, 0.717) is 0 Å². The van der Waals surface area contributed by atoms with E-state index >= 15 is 0 Å². The second-order valence-electron chi connectivity index (χ2n) is 4.21. The lowest BCUT2D eigenvalue weighted by molar-refractivity contribution is 0.595. The molecule has 1 heteroatoms. The number of halogens is 1. The molecule has 0 unspecified atom stereocenters. The highest BCUT2D eigenvalue weighted by molar-refractivity contribution is 5.48. The minimum atomic E-state index is 0.0862. The zero-order chi connectivity index (χ0) is 10.3. The van der Waals surface area contributed by atoms with Gasteiger partial charge in [-0.3, -0.25) is 0 Å². The van der Waals surface area contributed by atoms with Gasteiger partial charge >= 0.3 is 0 Å². The molecule has 0 fully saturated rings. The Hall–Kier alpha value is -0.850. The fourth-order valence-corrected chi connectivity index (χ4v) is 2.62. The summed E-state index contributed by atoms with van der Waals surface area (Å²) in [4.78, 5) is 0. The third-order valence-electron chi connectivity index (χ3n) is 3.57. The van der Waals surface area contributed by atoms with Crippen molar-refractivity contribution in [1.29, 1.82) is 0 Å². The molecule has 0 heterocycles. The van der Waals surface area contributed by atoms with E-state index in [9.17, 15) is 4.39 Å². The maximum absolute atomic E-state index is 14.0. The summed E-state index contributed by atoms with van der Waals surface area (Å²) < 4.78 is 14.0. The molecule has 0 amide bonds. The van der Waals surface area contributed by atoms with E-state index in [0.717, 1.165) is 36.8 Å². The Morgan fingerprint density at radius 3 is 2.36 bits per heavy atom. The van der Waals surface area contributed by atoms with Gasteiger partial charge in [-0.1, -0.05) is 6.92 Å². The summed E-state index contributed by atoms with van der Waals surface area (Å²) in [5.41, 5.74) is 5.73. The third-order valence-corrected chi connectivity index (χ3v) is 3.57. The maximum Gasteiger partial charge on any atom is 0.130 e. The molecule has 1 aromatic carbocycles. The van der Waals surface area contributed by atoms with Crippen LogP contribution in [0.2, 0.25) is 0 Å². The first kappa shape index (κ1) is 9.70. The summed E-state index contributed by atoms with van der Waals surface area (Å²) in [5, 5.41) is 0. The molecular weight excluding hydrogens is 175 g/mol. The average molecular weight is 192 g/mol. The standard InChI is InChI=1S/C13H17F/c1-4-10-8(2)9(3)11-6-5-7-12(11)13(10)14/h4-7H2,1-3H3. The first-order chi connectivity index (χ1) is 6.66. The van der Waals surface area contributed by atoms with Crippen LogP contribution in [0.1, 0.15) is 41.2 Å². The van der Waals surface area contributed by atoms with Crippen molar-refractivity contribution in [1.82, 2.24) is 0 Å². The molecular formula is C13H17F. The minimum Gasteiger partial charge on any atom is -0.206 e. The van der Waals surface area contributed by atoms with Crippen LogP contribution in [0.15, 0.2) is 0 Å². The molecule has 1 aliphatic carbocycles. The van der Waals surface area contributed by atoms with Gasteiger partial charge in [0.1, 0.15) is 5.82 Å². The molecule has 0 nitrogen and oxygen atoms in total. The van der Waals surface area contributed by atoms with Gasteiger partial charge in [0.15, 0.2) is 0 Å². The Morgan fingerprint density at radius 2 is 1.71 bits per heavy atom. The fourth-order valence-electron chi connectivity index (χ4n) is 2.62. The zero-order valence-corrected chi connectivity index (χ0v) is 9.21. The topological polar surface area (TPSA) is 0 Å². The van der Waals surface area contributed by atoms with Crippen LogP contribution in [0.5, 0.6) is 0 Å². The van der Waals surface area contributed by atoms with Gasteiger partial charge in [0, 0.05) is 0 Å². The van der Waals surface area contributed by atoms with Gasteiger partial charge in [-0.05, 0) is 67.3 Å². The van der Waals surface area contributed by atoms with Crippen LogP contribution >= 0.6 is 0 Å². The molecule has 1 aliphatic rings. The van der Waals surface area contributed by atoms with E-state index in [-0.39, 0.29) is 5.82 Å². The van der Waals surface area contributed by atoms with Gasteiger partial charge in [-0.2, -0.15) is 0 Å². The molecule has 0 N–H and O–H groups in total. The van der Waals surface area contributed by atoms with Crippen molar-refractivity contribution in [3.63, 3.8) is 0 Å². The Bertz CT molecular complexity index is 371. The quantitative estimate of drug-likeness (QED) is 0.639. The summed E-state index contributed by atoms with van der Waals surface area (Å²) >= 11 is 0. The van der Waals surface area contributed by atoms with Crippen LogP contribution in [-0.2, 0) is 19.3 Å². The number of rotatable bonds is 1. The highest BCUT2D eigenvalue weighted by Gasteiger charge is 2.22. The first-order valence-corrected chi connectivity index (χ1v) is 5.46. The van der Waals surface area contributed by atoms with Crippen LogP contribution in [0.25, 0.3) is 0 Å². The Kier molecular flexibility index (Phi) is 2.34. The number of hydrogen-bond donors (Lipinski definition) is 0. The largest absolute Gasteiger partial charge is 0.206 e. The summed E-state index contributed by atoms with van der Waals surface area (Å²) in [5.74, 6) is 0.0862. The van der Waals surface area contributed by atoms with E-state index in [1.807, 2.05) is 6.92 Å². The SMILES string of the molecule is CCc1c(C)c(C)c2c(c1F)CCC2. The maximum atomic E-state index is 14.0. The van der Waals surface area contributed by atoms with Crippen LogP contribution in [0, 0.1) is 19.7 Å². The highest BCUT2D eigenvalue weighted by atomic mass is 19.1. The second kappa shape index (κ2) is 3.38. The van der Waals surface area contributed by atoms with Crippen LogP contribution in [-0.4, -0.2) is 0 Å². The van der Waals surface area contributed by atoms with Crippen molar-refractivity contribution >= 4 is 0 Å². The Morgan fingerprint density at radius 1 is 1.07 bits per heavy atom. The van der Waals surface area contributed by atoms with Crippen molar-refractivity contribution in [2.45, 2.75) is 46.5 Å². The fraction of sp³-hybridized carbons (Fsp3) is 0.538. The number of hydrogen-bond acceptors (Lipinski definition) is 0. The van der Waals surface area contributed by atoms with E-state index in [2.05, 4.69) is 13.8 Å². The monoisotopic (exact) mass is 192 g/mol. The lowest BCUT2D eigenvalue weighted by atomic mass is 9.93. The smallest absolute Gasteiger partial charge is 0.130 e. The molecule has 14 heavy (non-hydrogen) atoms. The van der Waals surface area contributed by atoms with Gasteiger partial charge in [0.05, 0.1) is 0 Å². The predicted octanol–water partition coefficient (Wildman–Crippen LogP) is 3.49. The molecule has 0 aliphatic heterocycles. The second-order valence-corrected chi connectivity index (χ2v) is 4.21. The molecule has 0 saturated carbocycles. The van der Waals surface area contributed by atoms with Crippen molar-refractivity contribution in [2.24, 2.45) is 0 Å². The first-order valence-electron chi connectivity index (χ1n) is 5.46. The summed E-state index contributed by atoms with van der Waals surface area (Å²) in [6.45, 7) is 6.22. The van der Waals surface area contributed by atoms with Crippen molar-refractivity contribution in [3.8, 4) is 0 Å². The molecule has 1 aromatic rings. The Balaban J connectivity index is 2.73. The minimum absolute atomic E-state index is 0.0862. The lowest BCUT2D eigenvalue weighted by Gasteiger charge is -2.14. The van der Waals surface area contributed by atoms with Crippen molar-refractivity contribution < 1.29 is 4.39 Å². The molecule has 0 spiro atoms. The van der Waals surface area contributed by atoms with Gasteiger partial charge in [-0.15, -0.1) is 0 Å². The van der Waals surface area contributed by atoms with Crippen LogP contribution in [0.4, 0.5) is 4.39 Å². The van der Waals surface area contributed by atoms with Crippen molar-refractivity contribution in [3.05, 3.63) is 33.6 Å². The number of benzene rings is 1.